The van der Waals surface area contributed by atoms with Gasteiger partial charge in [0.1, 0.15) is 23.6 Å². The van der Waals surface area contributed by atoms with Crippen molar-refractivity contribution in [3.63, 3.8) is 0 Å². The molecule has 0 radical (unpaired) electrons. The molecule has 3 heterocycles. The Hall–Kier alpha value is -4.38. The summed E-state index contributed by atoms with van der Waals surface area (Å²) in [6, 6.07) is 6.44. The number of nitrogens with one attached hydrogen (secondary N) is 1. The zero-order chi connectivity index (χ0) is 24.8. The monoisotopic (exact) mass is 482 g/mol. The van der Waals surface area contributed by atoms with Crippen LogP contribution in [-0.4, -0.2) is 48.3 Å². The number of hydrogen-bond donors (Lipinski definition) is 1. The van der Waals surface area contributed by atoms with Gasteiger partial charge in [-0.3, -0.25) is 14.8 Å². The quantitative estimate of drug-likeness (QED) is 0.351. The third kappa shape index (κ3) is 5.41. The Labute approximate surface area is 198 Å². The lowest BCUT2D eigenvalue weighted by molar-refractivity contribution is 0.102. The van der Waals surface area contributed by atoms with Gasteiger partial charge in [-0.2, -0.15) is 0 Å². The first-order chi connectivity index (χ1) is 17.0. The highest BCUT2D eigenvalue weighted by molar-refractivity contribution is 6.06. The lowest BCUT2D eigenvalue weighted by Crippen LogP contribution is -2.14. The van der Waals surface area contributed by atoms with Crippen molar-refractivity contribution >= 4 is 22.6 Å². The first-order valence-electron chi connectivity index (χ1n) is 10.3. The smallest absolute Gasteiger partial charge is 0.261 e. The van der Waals surface area contributed by atoms with E-state index in [1.807, 2.05) is 0 Å². The average Bonchev–Trinajstić information content (AvgIpc) is 2.86. The molecule has 0 atom stereocenters. The Morgan fingerprint density at radius 1 is 0.971 bits per heavy atom. The summed E-state index contributed by atoms with van der Waals surface area (Å²) in [6.45, 7) is 0.728. The van der Waals surface area contributed by atoms with Crippen molar-refractivity contribution in [3.05, 3.63) is 72.3 Å². The number of nitrogens with zero attached hydrogens (tertiary/aromatic N) is 3. The van der Waals surface area contributed by atoms with Gasteiger partial charge in [-0.15, -0.1) is 0 Å². The van der Waals surface area contributed by atoms with E-state index in [4.69, 9.17) is 18.9 Å². The standard InChI is InChI=1S/C24H20F2N4O5/c1-32-7-8-34-15-11-19-22(29-12-15)21(4-6-28-19)35-23-17(25)9-14(10-18(23)26)30-24(31)16-13-27-5-3-20(16)33-2/h3-6,9-13H,7-8H2,1-2H3,(H,30,31). The topological polar surface area (TPSA) is 105 Å². The molecule has 1 N–H and O–H groups in total. The molecule has 0 saturated heterocycles. The van der Waals surface area contributed by atoms with Gasteiger partial charge in [0.25, 0.3) is 5.91 Å². The van der Waals surface area contributed by atoms with Crippen LogP contribution in [0, 0.1) is 11.6 Å². The van der Waals surface area contributed by atoms with Crippen molar-refractivity contribution in [2.75, 3.05) is 32.8 Å². The minimum atomic E-state index is -1.03. The van der Waals surface area contributed by atoms with Crippen LogP contribution in [-0.2, 0) is 4.74 Å². The molecular formula is C24H20F2N4O5. The number of carbonyl (C=O) groups is 1. The van der Waals surface area contributed by atoms with Gasteiger partial charge in [0.2, 0.25) is 0 Å². The van der Waals surface area contributed by atoms with Gasteiger partial charge in [0, 0.05) is 55.7 Å². The lowest BCUT2D eigenvalue weighted by Gasteiger charge is -2.13. The number of methoxy groups -OCH3 is 2. The number of hydrogen-bond acceptors (Lipinski definition) is 8. The summed E-state index contributed by atoms with van der Waals surface area (Å²) in [6.07, 6.45) is 5.61. The van der Waals surface area contributed by atoms with Crippen molar-refractivity contribution in [3.8, 4) is 23.0 Å². The van der Waals surface area contributed by atoms with Crippen molar-refractivity contribution in [2.45, 2.75) is 0 Å². The van der Waals surface area contributed by atoms with E-state index in [2.05, 4.69) is 20.3 Å². The molecule has 0 fully saturated rings. The second kappa shape index (κ2) is 10.7. The van der Waals surface area contributed by atoms with E-state index in [-0.39, 0.29) is 28.3 Å². The highest BCUT2D eigenvalue weighted by Crippen LogP contribution is 2.34. The maximum absolute atomic E-state index is 14.8. The number of pyridine rings is 3. The van der Waals surface area contributed by atoms with Crippen molar-refractivity contribution in [2.24, 2.45) is 0 Å². The fourth-order valence-corrected chi connectivity index (χ4v) is 3.16. The first kappa shape index (κ1) is 23.8. The predicted octanol–water partition coefficient (Wildman–Crippen LogP) is 4.38. The maximum Gasteiger partial charge on any atom is 0.261 e. The third-order valence-corrected chi connectivity index (χ3v) is 4.79. The first-order valence-corrected chi connectivity index (χ1v) is 10.3. The van der Waals surface area contributed by atoms with E-state index in [1.54, 1.807) is 13.2 Å². The fourth-order valence-electron chi connectivity index (χ4n) is 3.16. The van der Waals surface area contributed by atoms with Crippen LogP contribution in [0.5, 0.6) is 23.0 Å². The van der Waals surface area contributed by atoms with Crippen molar-refractivity contribution in [1.29, 1.82) is 0 Å². The van der Waals surface area contributed by atoms with Crippen LogP contribution in [0.3, 0.4) is 0 Å². The number of amides is 1. The van der Waals surface area contributed by atoms with Crippen LogP contribution in [0.15, 0.2) is 55.1 Å². The molecule has 180 valence electrons. The molecule has 0 aliphatic heterocycles. The fraction of sp³-hybridized carbons (Fsp3) is 0.167. The van der Waals surface area contributed by atoms with Crippen molar-refractivity contribution < 1.29 is 32.5 Å². The average molecular weight is 482 g/mol. The lowest BCUT2D eigenvalue weighted by atomic mass is 10.2. The van der Waals surface area contributed by atoms with E-state index in [9.17, 15) is 13.6 Å². The predicted molar refractivity (Wildman–Crippen MR) is 122 cm³/mol. The molecule has 4 rings (SSSR count). The number of benzene rings is 1. The number of ether oxygens (including phenoxy) is 4. The Morgan fingerprint density at radius 3 is 2.49 bits per heavy atom. The number of rotatable bonds is 9. The SMILES string of the molecule is COCCOc1cnc2c(Oc3c(F)cc(NC(=O)c4cnccc4OC)cc3F)ccnc2c1. The molecule has 1 amide bonds. The van der Waals surface area contributed by atoms with E-state index in [0.29, 0.717) is 24.5 Å². The van der Waals surface area contributed by atoms with E-state index >= 15 is 0 Å². The van der Waals surface area contributed by atoms with Gasteiger partial charge in [-0.05, 0) is 6.07 Å². The molecule has 0 bridgehead atoms. The van der Waals surface area contributed by atoms with Gasteiger partial charge >= 0.3 is 0 Å². The molecule has 9 nitrogen and oxygen atoms in total. The Kier molecular flexibility index (Phi) is 7.27. The minimum Gasteiger partial charge on any atom is -0.496 e. The summed E-state index contributed by atoms with van der Waals surface area (Å²) in [5, 5.41) is 2.42. The highest BCUT2D eigenvalue weighted by atomic mass is 19.1. The van der Waals surface area contributed by atoms with E-state index in [1.165, 1.54) is 44.0 Å². The Bertz CT molecular complexity index is 1350. The highest BCUT2D eigenvalue weighted by Gasteiger charge is 2.19. The number of anilines is 1. The van der Waals surface area contributed by atoms with Crippen LogP contribution in [0.25, 0.3) is 11.0 Å². The van der Waals surface area contributed by atoms with Crippen LogP contribution in [0.2, 0.25) is 0 Å². The van der Waals surface area contributed by atoms with Gasteiger partial charge in [0.15, 0.2) is 23.1 Å². The molecule has 35 heavy (non-hydrogen) atoms. The summed E-state index contributed by atoms with van der Waals surface area (Å²) in [5.74, 6) is -2.53. The number of halogens is 2. The summed E-state index contributed by atoms with van der Waals surface area (Å²) in [4.78, 5) is 24.8. The van der Waals surface area contributed by atoms with Gasteiger partial charge in [0.05, 0.1) is 31.0 Å². The maximum atomic E-state index is 14.8. The summed E-state index contributed by atoms with van der Waals surface area (Å²) in [7, 11) is 2.95. The Morgan fingerprint density at radius 2 is 1.74 bits per heavy atom. The summed E-state index contributed by atoms with van der Waals surface area (Å²) < 4.78 is 50.7. The molecular weight excluding hydrogens is 462 g/mol. The second-order valence-corrected chi connectivity index (χ2v) is 7.09. The number of aromatic nitrogens is 3. The summed E-state index contributed by atoms with van der Waals surface area (Å²) in [5.41, 5.74) is 0.689. The minimum absolute atomic E-state index is 0.0909. The second-order valence-electron chi connectivity index (χ2n) is 7.09. The molecule has 1 aromatic carbocycles. The molecule has 0 unspecified atom stereocenters. The Balaban J connectivity index is 1.56. The molecule has 0 spiro atoms. The largest absolute Gasteiger partial charge is 0.496 e. The van der Waals surface area contributed by atoms with Crippen LogP contribution in [0.1, 0.15) is 10.4 Å². The third-order valence-electron chi connectivity index (χ3n) is 4.79. The molecule has 0 aliphatic carbocycles. The van der Waals surface area contributed by atoms with Crippen LogP contribution in [0.4, 0.5) is 14.5 Å². The zero-order valence-electron chi connectivity index (χ0n) is 18.7. The number of fused-ring (bicyclic) bond motifs is 1. The normalized spacial score (nSPS) is 10.7. The molecule has 4 aromatic rings. The zero-order valence-corrected chi connectivity index (χ0v) is 18.7. The van der Waals surface area contributed by atoms with E-state index in [0.717, 1.165) is 12.1 Å². The van der Waals surface area contributed by atoms with E-state index < -0.39 is 23.3 Å². The van der Waals surface area contributed by atoms with Gasteiger partial charge in [-0.1, -0.05) is 0 Å². The molecule has 0 saturated carbocycles. The summed E-state index contributed by atoms with van der Waals surface area (Å²) >= 11 is 0. The van der Waals surface area contributed by atoms with Crippen LogP contribution < -0.4 is 19.5 Å². The van der Waals surface area contributed by atoms with Gasteiger partial charge in [-0.25, -0.2) is 13.8 Å². The molecule has 0 aliphatic rings. The van der Waals surface area contributed by atoms with Crippen molar-refractivity contribution in [1.82, 2.24) is 15.0 Å². The number of carbonyl (C=O) groups excluding carboxylic acids is 1. The molecule has 11 heteroatoms. The molecule has 3 aromatic heterocycles. The van der Waals surface area contributed by atoms with Gasteiger partial charge < -0.3 is 24.3 Å². The van der Waals surface area contributed by atoms with Crippen LogP contribution >= 0.6 is 0 Å².